The van der Waals surface area contributed by atoms with Gasteiger partial charge in [0.05, 0.1) is 7.11 Å². The largest absolute Gasteiger partial charge is 0.466 e. The van der Waals surface area contributed by atoms with Crippen LogP contribution in [0.25, 0.3) is 16.5 Å². The zero-order chi connectivity index (χ0) is 21.1. The zero-order valence-corrected chi connectivity index (χ0v) is 18.1. The Balaban J connectivity index is 1.49. The number of carbonyl (C=O) groups is 1. The molecule has 2 aromatic carbocycles. The fourth-order valence-electron chi connectivity index (χ4n) is 4.68. The highest BCUT2D eigenvalue weighted by Crippen LogP contribution is 2.37. The third-order valence-corrected chi connectivity index (χ3v) is 6.37. The maximum atomic E-state index is 11.6. The number of hydrogen-bond acceptors (Lipinski definition) is 3. The number of hydrogen-bond donors (Lipinski definition) is 1. The summed E-state index contributed by atoms with van der Waals surface area (Å²) in [5.41, 5.74) is 7.48. The molecule has 0 saturated carbocycles. The lowest BCUT2D eigenvalue weighted by Gasteiger charge is -2.28. The molecule has 0 radical (unpaired) electrons. The lowest BCUT2D eigenvalue weighted by atomic mass is 9.99. The van der Waals surface area contributed by atoms with Gasteiger partial charge in [0.1, 0.15) is 0 Å². The van der Waals surface area contributed by atoms with E-state index in [4.69, 9.17) is 4.74 Å². The maximum absolute atomic E-state index is 11.6. The number of para-hydroxylation sites is 1. The first-order valence-electron chi connectivity index (χ1n) is 10.8. The van der Waals surface area contributed by atoms with Crippen molar-refractivity contribution in [1.29, 1.82) is 0 Å². The summed E-state index contributed by atoms with van der Waals surface area (Å²) in [4.78, 5) is 17.5. The summed E-state index contributed by atoms with van der Waals surface area (Å²) in [7, 11) is 1.41. The number of fused-ring (bicyclic) bond motifs is 2. The van der Waals surface area contributed by atoms with E-state index in [0.29, 0.717) is 6.04 Å². The second-order valence-electron chi connectivity index (χ2n) is 8.06. The van der Waals surface area contributed by atoms with Crippen LogP contribution in [0, 0.1) is 0 Å². The van der Waals surface area contributed by atoms with Crippen LogP contribution in [0.3, 0.4) is 0 Å². The first-order chi connectivity index (χ1) is 14.6. The van der Waals surface area contributed by atoms with E-state index in [9.17, 15) is 4.79 Å². The summed E-state index contributed by atoms with van der Waals surface area (Å²) in [6, 6.07) is 15.6. The Morgan fingerprint density at radius 1 is 1.27 bits per heavy atom. The third-order valence-electron chi connectivity index (χ3n) is 6.37. The van der Waals surface area contributed by atoms with Crippen molar-refractivity contribution in [3.05, 3.63) is 77.0 Å². The SMILES string of the molecule is CCN(CCc1c[nH]c2ccccc12)C1CCc2cc(/C(C)=C/C(=O)OC)ccc21. The minimum Gasteiger partial charge on any atom is -0.466 e. The van der Waals surface area contributed by atoms with E-state index in [2.05, 4.69) is 65.5 Å². The molecule has 1 aromatic heterocycles. The Morgan fingerprint density at radius 3 is 2.90 bits per heavy atom. The lowest BCUT2D eigenvalue weighted by molar-refractivity contribution is -0.134. The molecule has 1 unspecified atom stereocenters. The Hall–Kier alpha value is -2.85. The van der Waals surface area contributed by atoms with Crippen molar-refractivity contribution in [2.75, 3.05) is 20.2 Å². The van der Waals surface area contributed by atoms with Crippen LogP contribution >= 0.6 is 0 Å². The third kappa shape index (κ3) is 4.05. The summed E-state index contributed by atoms with van der Waals surface area (Å²) in [5.74, 6) is -0.305. The van der Waals surface area contributed by atoms with Gasteiger partial charge in [-0.3, -0.25) is 4.90 Å². The second-order valence-corrected chi connectivity index (χ2v) is 8.06. The van der Waals surface area contributed by atoms with E-state index >= 15 is 0 Å². The van der Waals surface area contributed by atoms with Crippen LogP contribution in [0.4, 0.5) is 0 Å². The minimum absolute atomic E-state index is 0.305. The average Bonchev–Trinajstić information content (AvgIpc) is 3.38. The molecule has 1 heterocycles. The molecule has 4 heteroatoms. The van der Waals surface area contributed by atoms with Crippen LogP contribution in [0.1, 0.15) is 48.6 Å². The van der Waals surface area contributed by atoms with Crippen LogP contribution in [0.15, 0.2) is 54.7 Å². The van der Waals surface area contributed by atoms with Crippen molar-refractivity contribution in [1.82, 2.24) is 9.88 Å². The smallest absolute Gasteiger partial charge is 0.330 e. The van der Waals surface area contributed by atoms with Gasteiger partial charge >= 0.3 is 5.97 Å². The van der Waals surface area contributed by atoms with Crippen LogP contribution in [0.5, 0.6) is 0 Å². The van der Waals surface area contributed by atoms with Gasteiger partial charge in [0.15, 0.2) is 0 Å². The molecule has 0 amide bonds. The molecule has 1 aliphatic carbocycles. The number of carbonyl (C=O) groups excluding carboxylic acids is 1. The summed E-state index contributed by atoms with van der Waals surface area (Å²) in [5, 5.41) is 1.33. The number of nitrogens with one attached hydrogen (secondary N) is 1. The monoisotopic (exact) mass is 402 g/mol. The highest BCUT2D eigenvalue weighted by molar-refractivity contribution is 5.90. The van der Waals surface area contributed by atoms with Gasteiger partial charge in [-0.2, -0.15) is 0 Å². The van der Waals surface area contributed by atoms with E-state index in [1.807, 2.05) is 6.92 Å². The molecule has 4 nitrogen and oxygen atoms in total. The fourth-order valence-corrected chi connectivity index (χ4v) is 4.68. The number of nitrogens with zero attached hydrogens (tertiary/aromatic N) is 1. The Bertz CT molecular complexity index is 1080. The number of ether oxygens (including phenoxy) is 1. The van der Waals surface area contributed by atoms with Gasteiger partial charge in [0.2, 0.25) is 0 Å². The number of methoxy groups -OCH3 is 1. The lowest BCUT2D eigenvalue weighted by Crippen LogP contribution is -2.29. The van der Waals surface area contributed by atoms with Gasteiger partial charge in [0, 0.05) is 35.8 Å². The molecule has 0 fully saturated rings. The Kier molecular flexibility index (Phi) is 6.05. The number of aromatic nitrogens is 1. The maximum Gasteiger partial charge on any atom is 0.330 e. The molecular weight excluding hydrogens is 372 g/mol. The number of H-pyrrole nitrogens is 1. The number of aromatic amines is 1. The van der Waals surface area contributed by atoms with Crippen LogP contribution in [0.2, 0.25) is 0 Å². The number of allylic oxidation sites excluding steroid dienone is 1. The number of likely N-dealkylation sites (N-methyl/N-ethyl adjacent to an activating group) is 1. The van der Waals surface area contributed by atoms with E-state index in [1.165, 1.54) is 34.7 Å². The van der Waals surface area contributed by atoms with Crippen LogP contribution < -0.4 is 0 Å². The first kappa shape index (κ1) is 20.4. The topological polar surface area (TPSA) is 45.3 Å². The standard InChI is InChI=1S/C26H30N2O2/c1-4-28(14-13-21-17-27-24-8-6-5-7-22(21)24)25-12-10-20-16-19(9-11-23(20)25)18(2)15-26(29)30-3/h5-9,11,15-17,25,27H,4,10,12-14H2,1-3H3/b18-15+. The predicted molar refractivity (Wildman–Crippen MR) is 122 cm³/mol. The number of esters is 1. The van der Waals surface area contributed by atoms with Crippen molar-refractivity contribution in [2.45, 2.75) is 39.2 Å². The molecule has 1 aliphatic rings. The molecule has 1 N–H and O–H groups in total. The molecule has 3 aromatic rings. The van der Waals surface area contributed by atoms with Gasteiger partial charge in [-0.05, 0) is 66.6 Å². The molecule has 156 valence electrons. The van der Waals surface area contributed by atoms with E-state index in [1.54, 1.807) is 6.08 Å². The summed E-state index contributed by atoms with van der Waals surface area (Å²) < 4.78 is 4.76. The van der Waals surface area contributed by atoms with Crippen molar-refractivity contribution in [3.63, 3.8) is 0 Å². The zero-order valence-electron chi connectivity index (χ0n) is 18.1. The fraction of sp³-hybridized carbons (Fsp3) is 0.346. The van der Waals surface area contributed by atoms with Crippen LogP contribution in [-0.2, 0) is 22.4 Å². The molecular formula is C26H30N2O2. The predicted octanol–water partition coefficient (Wildman–Crippen LogP) is 5.30. The molecule has 0 saturated heterocycles. The molecule has 1 atom stereocenters. The van der Waals surface area contributed by atoms with Gasteiger partial charge in [-0.25, -0.2) is 4.79 Å². The Labute approximate surface area is 178 Å². The normalized spacial score (nSPS) is 16.3. The van der Waals surface area contributed by atoms with Crippen molar-refractivity contribution in [3.8, 4) is 0 Å². The summed E-state index contributed by atoms with van der Waals surface area (Å²) in [6.07, 6.45) is 7.00. The van der Waals surface area contributed by atoms with Crippen molar-refractivity contribution >= 4 is 22.4 Å². The van der Waals surface area contributed by atoms with Gasteiger partial charge in [-0.1, -0.05) is 43.3 Å². The van der Waals surface area contributed by atoms with Gasteiger partial charge in [0.25, 0.3) is 0 Å². The number of benzene rings is 2. The molecule has 4 rings (SSSR count). The average molecular weight is 403 g/mol. The van der Waals surface area contributed by atoms with E-state index in [0.717, 1.165) is 43.5 Å². The molecule has 0 spiro atoms. The quantitative estimate of drug-likeness (QED) is 0.431. The summed E-state index contributed by atoms with van der Waals surface area (Å²) >= 11 is 0. The van der Waals surface area contributed by atoms with Crippen molar-refractivity contribution in [2.24, 2.45) is 0 Å². The summed E-state index contributed by atoms with van der Waals surface area (Å²) in [6.45, 7) is 6.30. The highest BCUT2D eigenvalue weighted by Gasteiger charge is 2.27. The molecule has 0 aliphatic heterocycles. The number of aryl methyl sites for hydroxylation is 1. The van der Waals surface area contributed by atoms with Gasteiger partial charge < -0.3 is 9.72 Å². The molecule has 30 heavy (non-hydrogen) atoms. The van der Waals surface area contributed by atoms with E-state index < -0.39 is 0 Å². The van der Waals surface area contributed by atoms with Crippen LogP contribution in [-0.4, -0.2) is 36.1 Å². The first-order valence-corrected chi connectivity index (χ1v) is 10.8. The number of rotatable bonds is 7. The second kappa shape index (κ2) is 8.88. The van der Waals surface area contributed by atoms with E-state index in [-0.39, 0.29) is 5.97 Å². The highest BCUT2D eigenvalue weighted by atomic mass is 16.5. The van der Waals surface area contributed by atoms with Crippen molar-refractivity contribution < 1.29 is 9.53 Å². The Morgan fingerprint density at radius 2 is 2.10 bits per heavy atom. The van der Waals surface area contributed by atoms with Gasteiger partial charge in [-0.15, -0.1) is 0 Å². The molecule has 0 bridgehead atoms. The minimum atomic E-state index is -0.305.